The molecule has 22 heavy (non-hydrogen) atoms. The molecule has 0 unspecified atom stereocenters. The van der Waals surface area contributed by atoms with Crippen molar-refractivity contribution in [1.29, 1.82) is 0 Å². The molecule has 1 aromatic heterocycles. The van der Waals surface area contributed by atoms with E-state index < -0.39 is 4.92 Å². The number of halogens is 1. The van der Waals surface area contributed by atoms with Crippen molar-refractivity contribution >= 4 is 33.9 Å². The van der Waals surface area contributed by atoms with Gasteiger partial charge in [0, 0.05) is 15.8 Å². The van der Waals surface area contributed by atoms with Crippen LogP contribution in [0.5, 0.6) is 11.8 Å². The van der Waals surface area contributed by atoms with Gasteiger partial charge in [-0.25, -0.2) is 0 Å². The minimum Gasteiger partial charge on any atom is -0.424 e. The first-order chi connectivity index (χ1) is 10.6. The largest absolute Gasteiger partial charge is 0.424 e. The third-order valence-electron chi connectivity index (χ3n) is 3.00. The fraction of sp³-hybridized carbons (Fsp3) is 0. The number of ether oxygens (including phenoxy) is 1. The summed E-state index contributed by atoms with van der Waals surface area (Å²) in [6, 6.07) is 10.7. The van der Waals surface area contributed by atoms with Gasteiger partial charge in [-0.3, -0.25) is 10.1 Å². The molecular weight excluding hydrogens is 308 g/mol. The van der Waals surface area contributed by atoms with Crippen LogP contribution in [0.15, 0.2) is 42.6 Å². The first kappa shape index (κ1) is 14.0. The molecule has 0 saturated heterocycles. The highest BCUT2D eigenvalue weighted by Gasteiger charge is 2.16. The quantitative estimate of drug-likeness (QED) is 0.585. The van der Waals surface area contributed by atoms with E-state index in [1.54, 1.807) is 12.1 Å². The lowest BCUT2D eigenvalue weighted by molar-refractivity contribution is -0.384. The molecule has 0 amide bonds. The van der Waals surface area contributed by atoms with Crippen molar-refractivity contribution in [2.45, 2.75) is 0 Å². The lowest BCUT2D eigenvalue weighted by atomic mass is 10.1. The van der Waals surface area contributed by atoms with Gasteiger partial charge in [-0.2, -0.15) is 9.97 Å². The van der Waals surface area contributed by atoms with Gasteiger partial charge in [0.05, 0.1) is 4.92 Å². The number of fused-ring (bicyclic) bond motifs is 1. The second-order valence-electron chi connectivity index (χ2n) is 4.37. The summed E-state index contributed by atoms with van der Waals surface area (Å²) in [5.41, 5.74) is 5.15. The Bertz CT molecular complexity index is 885. The molecule has 0 atom stereocenters. The highest BCUT2D eigenvalue weighted by molar-refractivity contribution is 6.35. The summed E-state index contributed by atoms with van der Waals surface area (Å²) in [4.78, 5) is 17.6. The number of aromatic nitrogens is 2. The molecule has 8 heteroatoms. The van der Waals surface area contributed by atoms with Gasteiger partial charge in [0.15, 0.2) is 0 Å². The summed E-state index contributed by atoms with van der Waals surface area (Å²) >= 11 is 6.13. The Balaban J connectivity index is 2.02. The molecule has 0 radical (unpaired) electrons. The third-order valence-corrected chi connectivity index (χ3v) is 3.33. The van der Waals surface area contributed by atoms with Gasteiger partial charge >= 0.3 is 11.7 Å². The maximum atomic E-state index is 10.7. The van der Waals surface area contributed by atoms with Crippen LogP contribution < -0.4 is 10.5 Å². The molecule has 0 spiro atoms. The van der Waals surface area contributed by atoms with Gasteiger partial charge < -0.3 is 10.5 Å². The molecule has 2 N–H and O–H groups in total. The number of nitrogen functional groups attached to an aromatic ring is 1. The number of nitrogens with zero attached hydrogens (tertiary/aromatic N) is 3. The number of nitro groups is 1. The normalized spacial score (nSPS) is 10.6. The zero-order valence-corrected chi connectivity index (χ0v) is 11.8. The fourth-order valence-electron chi connectivity index (χ4n) is 1.98. The predicted octanol–water partition coefficient (Wildman–Crippen LogP) is 3.57. The zero-order valence-electron chi connectivity index (χ0n) is 11.1. The molecule has 0 fully saturated rings. The average molecular weight is 317 g/mol. The topological polar surface area (TPSA) is 104 Å². The molecule has 3 aromatic rings. The van der Waals surface area contributed by atoms with Crippen LogP contribution in [0, 0.1) is 10.1 Å². The standard InChI is InChI=1S/C14H9ClN4O3/c15-10-5-6-12(9-4-2-1-3-8(9)10)22-14-17-7-11(19(20)21)13(16)18-14/h1-7H,(H2,16,17,18). The summed E-state index contributed by atoms with van der Waals surface area (Å²) in [7, 11) is 0. The molecule has 3 rings (SSSR count). The Labute approximate surface area is 129 Å². The predicted molar refractivity (Wildman–Crippen MR) is 82.1 cm³/mol. The summed E-state index contributed by atoms with van der Waals surface area (Å²) in [5, 5.41) is 12.9. The minimum atomic E-state index is -0.656. The van der Waals surface area contributed by atoms with E-state index in [4.69, 9.17) is 22.1 Å². The van der Waals surface area contributed by atoms with E-state index >= 15 is 0 Å². The number of rotatable bonds is 3. The molecule has 0 aliphatic carbocycles. The minimum absolute atomic E-state index is 0.0735. The SMILES string of the molecule is Nc1nc(Oc2ccc(Cl)c3ccccc23)ncc1[N+](=O)[O-]. The molecule has 0 saturated carbocycles. The highest BCUT2D eigenvalue weighted by atomic mass is 35.5. The first-order valence-corrected chi connectivity index (χ1v) is 6.56. The summed E-state index contributed by atoms with van der Waals surface area (Å²) in [5.74, 6) is 0.224. The monoisotopic (exact) mass is 316 g/mol. The van der Waals surface area contributed by atoms with Crippen molar-refractivity contribution < 1.29 is 9.66 Å². The average Bonchev–Trinajstić information content (AvgIpc) is 2.50. The molecule has 1 heterocycles. The van der Waals surface area contributed by atoms with Crippen LogP contribution in [0.1, 0.15) is 0 Å². The van der Waals surface area contributed by atoms with E-state index in [1.807, 2.05) is 24.3 Å². The fourth-order valence-corrected chi connectivity index (χ4v) is 2.21. The highest BCUT2D eigenvalue weighted by Crippen LogP contribution is 2.33. The molecule has 0 bridgehead atoms. The van der Waals surface area contributed by atoms with Crippen LogP contribution in [-0.2, 0) is 0 Å². The Morgan fingerprint density at radius 2 is 1.91 bits per heavy atom. The Morgan fingerprint density at radius 1 is 1.18 bits per heavy atom. The zero-order chi connectivity index (χ0) is 15.7. The number of hydrogen-bond acceptors (Lipinski definition) is 6. The first-order valence-electron chi connectivity index (χ1n) is 6.18. The number of anilines is 1. The second-order valence-corrected chi connectivity index (χ2v) is 4.78. The van der Waals surface area contributed by atoms with Gasteiger partial charge in [0.1, 0.15) is 11.9 Å². The molecule has 0 aliphatic rings. The van der Waals surface area contributed by atoms with Crippen molar-refractivity contribution in [2.75, 3.05) is 5.73 Å². The maximum Gasteiger partial charge on any atom is 0.329 e. The smallest absolute Gasteiger partial charge is 0.329 e. The Hall–Kier alpha value is -2.93. The van der Waals surface area contributed by atoms with Crippen LogP contribution >= 0.6 is 11.6 Å². The van der Waals surface area contributed by atoms with Gasteiger partial charge in [-0.15, -0.1) is 0 Å². The molecule has 2 aromatic carbocycles. The lowest BCUT2D eigenvalue weighted by Crippen LogP contribution is -2.01. The second kappa shape index (κ2) is 5.45. The molecule has 0 aliphatic heterocycles. The number of benzene rings is 2. The number of nitrogens with two attached hydrogens (primary N) is 1. The van der Waals surface area contributed by atoms with Crippen LogP contribution in [0.25, 0.3) is 10.8 Å². The lowest BCUT2D eigenvalue weighted by Gasteiger charge is -2.08. The van der Waals surface area contributed by atoms with Gasteiger partial charge in [0.25, 0.3) is 0 Å². The van der Waals surface area contributed by atoms with Gasteiger partial charge in [-0.05, 0) is 12.1 Å². The van der Waals surface area contributed by atoms with Crippen LogP contribution in [0.4, 0.5) is 11.5 Å². The van der Waals surface area contributed by atoms with Crippen molar-refractivity contribution in [3.63, 3.8) is 0 Å². The van der Waals surface area contributed by atoms with Crippen LogP contribution in [0.2, 0.25) is 5.02 Å². The third kappa shape index (κ3) is 2.49. The molecular formula is C14H9ClN4O3. The molecule has 110 valence electrons. The van der Waals surface area contributed by atoms with Crippen molar-refractivity contribution in [3.05, 3.63) is 57.7 Å². The maximum absolute atomic E-state index is 10.7. The summed E-state index contributed by atoms with van der Waals surface area (Å²) in [6.07, 6.45) is 1.01. The van der Waals surface area contributed by atoms with E-state index in [1.165, 1.54) is 0 Å². The van der Waals surface area contributed by atoms with Crippen molar-refractivity contribution in [1.82, 2.24) is 9.97 Å². The van der Waals surface area contributed by atoms with E-state index in [9.17, 15) is 10.1 Å². The van der Waals surface area contributed by atoms with E-state index in [0.29, 0.717) is 10.8 Å². The van der Waals surface area contributed by atoms with Crippen molar-refractivity contribution in [3.8, 4) is 11.8 Å². The van der Waals surface area contributed by atoms with E-state index in [0.717, 1.165) is 17.0 Å². The Morgan fingerprint density at radius 3 is 2.59 bits per heavy atom. The van der Waals surface area contributed by atoms with Crippen LogP contribution in [-0.4, -0.2) is 14.9 Å². The Kier molecular flexibility index (Phi) is 3.48. The van der Waals surface area contributed by atoms with Gasteiger partial charge in [-0.1, -0.05) is 35.9 Å². The molecule has 7 nitrogen and oxygen atoms in total. The summed E-state index contributed by atoms with van der Waals surface area (Å²) in [6.45, 7) is 0. The van der Waals surface area contributed by atoms with Crippen LogP contribution in [0.3, 0.4) is 0 Å². The summed E-state index contributed by atoms with van der Waals surface area (Å²) < 4.78 is 5.58. The van der Waals surface area contributed by atoms with Crippen molar-refractivity contribution in [2.24, 2.45) is 0 Å². The van der Waals surface area contributed by atoms with Gasteiger partial charge in [0.2, 0.25) is 5.82 Å². The van der Waals surface area contributed by atoms with E-state index in [-0.39, 0.29) is 17.5 Å². The number of hydrogen-bond donors (Lipinski definition) is 1. The van der Waals surface area contributed by atoms with E-state index in [2.05, 4.69) is 9.97 Å².